The standard InChI is InChI=1S/C26H26N6OS/c1-17-14-21(16-29-23(17)27-2)31-24(33)26(9-3-10-26)32(25(31)34)20-4-5-22-18(15-20)8-13-30(22)19-6-11-28-12-7-19/h4-5,8,13-16,19,28H,3,6-7,9-12H2,1H3. The van der Waals surface area contributed by atoms with Crippen LogP contribution in [0.15, 0.2) is 42.7 Å². The Labute approximate surface area is 204 Å². The van der Waals surface area contributed by atoms with Crippen molar-refractivity contribution < 1.29 is 4.79 Å². The lowest BCUT2D eigenvalue weighted by atomic mass is 9.75. The highest BCUT2D eigenvalue weighted by molar-refractivity contribution is 7.81. The third-order valence-electron chi connectivity index (χ3n) is 7.66. The third kappa shape index (κ3) is 3.00. The number of aryl methyl sites for hydroxylation is 1. The Morgan fingerprint density at radius 1 is 1.18 bits per heavy atom. The molecule has 6 rings (SSSR count). The van der Waals surface area contributed by atoms with E-state index in [9.17, 15) is 4.79 Å². The maximum absolute atomic E-state index is 13.7. The Balaban J connectivity index is 1.39. The first-order valence-electron chi connectivity index (χ1n) is 11.9. The van der Waals surface area contributed by atoms with Gasteiger partial charge in [0, 0.05) is 28.8 Å². The number of carbonyl (C=O) groups is 1. The van der Waals surface area contributed by atoms with Crippen LogP contribution < -0.4 is 15.1 Å². The highest BCUT2D eigenvalue weighted by Gasteiger charge is 2.59. The van der Waals surface area contributed by atoms with E-state index in [2.05, 4.69) is 55.1 Å². The van der Waals surface area contributed by atoms with Gasteiger partial charge in [-0.05, 0) is 100 Å². The number of hydrogen-bond acceptors (Lipinski definition) is 4. The number of nitrogens with one attached hydrogen (secondary N) is 1. The molecule has 2 aromatic heterocycles. The number of hydrogen-bond donors (Lipinski definition) is 1. The number of pyridine rings is 1. The molecule has 0 atom stereocenters. The molecule has 0 unspecified atom stereocenters. The fourth-order valence-electron chi connectivity index (χ4n) is 5.69. The molecule has 1 N–H and O–H groups in total. The van der Waals surface area contributed by atoms with Crippen molar-refractivity contribution in [2.24, 2.45) is 0 Å². The molecule has 1 aliphatic carbocycles. The van der Waals surface area contributed by atoms with Crippen LogP contribution in [0.1, 0.15) is 43.7 Å². The Hall–Kier alpha value is -3.28. The largest absolute Gasteiger partial charge is 0.360 e. The van der Waals surface area contributed by atoms with Gasteiger partial charge in [-0.25, -0.2) is 0 Å². The van der Waals surface area contributed by atoms with E-state index in [-0.39, 0.29) is 5.91 Å². The van der Waals surface area contributed by atoms with Crippen molar-refractivity contribution in [3.63, 3.8) is 0 Å². The summed E-state index contributed by atoms with van der Waals surface area (Å²) in [5.74, 6) is 0.355. The van der Waals surface area contributed by atoms with Gasteiger partial charge in [-0.2, -0.15) is 0 Å². The van der Waals surface area contributed by atoms with Crippen LogP contribution in [0.4, 0.5) is 17.2 Å². The second kappa shape index (κ2) is 7.90. The summed E-state index contributed by atoms with van der Waals surface area (Å²) < 4.78 is 2.40. The summed E-state index contributed by atoms with van der Waals surface area (Å²) in [6.07, 6.45) is 8.61. The summed E-state index contributed by atoms with van der Waals surface area (Å²) in [5, 5.41) is 5.09. The van der Waals surface area contributed by atoms with Crippen molar-refractivity contribution in [1.29, 1.82) is 0 Å². The molecule has 1 saturated carbocycles. The van der Waals surface area contributed by atoms with Gasteiger partial charge < -0.3 is 19.6 Å². The van der Waals surface area contributed by atoms with Crippen LogP contribution in [-0.2, 0) is 4.79 Å². The van der Waals surface area contributed by atoms with Gasteiger partial charge in [0.1, 0.15) is 11.7 Å². The number of rotatable bonds is 3. The average molecular weight is 471 g/mol. The maximum Gasteiger partial charge on any atom is 0.272 e. The number of amides is 1. The normalized spacial score (nSPS) is 20.2. The molecule has 34 heavy (non-hydrogen) atoms. The van der Waals surface area contributed by atoms with E-state index in [1.807, 2.05) is 13.0 Å². The first-order chi connectivity index (χ1) is 16.5. The smallest absolute Gasteiger partial charge is 0.272 e. The first kappa shape index (κ1) is 21.3. The van der Waals surface area contributed by atoms with Gasteiger partial charge in [-0.15, -0.1) is 4.98 Å². The number of piperidine rings is 1. The molecule has 2 saturated heterocycles. The van der Waals surface area contributed by atoms with Crippen molar-refractivity contribution in [2.75, 3.05) is 22.9 Å². The van der Waals surface area contributed by atoms with Crippen molar-refractivity contribution in [2.45, 2.75) is 50.6 Å². The molecular formula is C26H26N6OS. The molecule has 7 nitrogen and oxygen atoms in total. The summed E-state index contributed by atoms with van der Waals surface area (Å²) >= 11 is 5.92. The van der Waals surface area contributed by atoms with E-state index < -0.39 is 5.54 Å². The fraction of sp³-hybridized carbons (Fsp3) is 0.385. The van der Waals surface area contributed by atoms with Crippen LogP contribution in [0.2, 0.25) is 0 Å². The van der Waals surface area contributed by atoms with Gasteiger partial charge in [-0.1, -0.05) is 6.57 Å². The molecule has 1 amide bonds. The van der Waals surface area contributed by atoms with E-state index in [4.69, 9.17) is 18.8 Å². The molecule has 0 radical (unpaired) electrons. The lowest BCUT2D eigenvalue weighted by Gasteiger charge is -2.43. The number of benzene rings is 1. The second-order valence-electron chi connectivity index (χ2n) is 9.54. The molecule has 3 fully saturated rings. The topological polar surface area (TPSA) is 57.8 Å². The Morgan fingerprint density at radius 2 is 1.97 bits per heavy atom. The van der Waals surface area contributed by atoms with Gasteiger partial charge in [0.15, 0.2) is 5.11 Å². The summed E-state index contributed by atoms with van der Waals surface area (Å²) in [5.41, 5.74) is 2.92. The van der Waals surface area contributed by atoms with Crippen molar-refractivity contribution in [1.82, 2.24) is 14.9 Å². The van der Waals surface area contributed by atoms with E-state index >= 15 is 0 Å². The first-order valence-corrected chi connectivity index (χ1v) is 12.3. The van der Waals surface area contributed by atoms with Gasteiger partial charge in [0.05, 0.1) is 5.69 Å². The molecule has 1 spiro atoms. The van der Waals surface area contributed by atoms with E-state index in [1.165, 1.54) is 5.52 Å². The van der Waals surface area contributed by atoms with E-state index in [1.54, 1.807) is 11.1 Å². The molecule has 4 heterocycles. The van der Waals surface area contributed by atoms with Crippen LogP contribution >= 0.6 is 12.2 Å². The minimum Gasteiger partial charge on any atom is -0.360 e. The minimum atomic E-state index is -0.630. The molecule has 2 aliphatic heterocycles. The Morgan fingerprint density at radius 3 is 2.65 bits per heavy atom. The predicted molar refractivity (Wildman–Crippen MR) is 137 cm³/mol. The summed E-state index contributed by atoms with van der Waals surface area (Å²) in [7, 11) is 0. The summed E-state index contributed by atoms with van der Waals surface area (Å²) in [6, 6.07) is 11.0. The predicted octanol–water partition coefficient (Wildman–Crippen LogP) is 4.88. The van der Waals surface area contributed by atoms with Crippen molar-refractivity contribution in [3.05, 3.63) is 59.7 Å². The average Bonchev–Trinajstić information content (AvgIpc) is 3.35. The van der Waals surface area contributed by atoms with Gasteiger partial charge >= 0.3 is 0 Å². The highest BCUT2D eigenvalue weighted by atomic mass is 32.1. The zero-order valence-electron chi connectivity index (χ0n) is 19.1. The van der Waals surface area contributed by atoms with Crippen LogP contribution in [0, 0.1) is 13.5 Å². The Kier molecular flexibility index (Phi) is 4.94. The minimum absolute atomic E-state index is 0.00730. The summed E-state index contributed by atoms with van der Waals surface area (Å²) in [4.78, 5) is 25.1. The number of aromatic nitrogens is 2. The van der Waals surface area contributed by atoms with Crippen molar-refractivity contribution >= 4 is 51.3 Å². The highest BCUT2D eigenvalue weighted by Crippen LogP contribution is 2.48. The number of thiocarbonyl (C=S) groups is 1. The van der Waals surface area contributed by atoms with Crippen LogP contribution in [-0.4, -0.2) is 39.2 Å². The van der Waals surface area contributed by atoms with Crippen molar-refractivity contribution in [3.8, 4) is 0 Å². The lowest BCUT2D eigenvalue weighted by Crippen LogP contribution is -2.55. The molecule has 3 aliphatic rings. The lowest BCUT2D eigenvalue weighted by molar-refractivity contribution is -0.123. The maximum atomic E-state index is 13.7. The summed E-state index contributed by atoms with van der Waals surface area (Å²) in [6.45, 7) is 11.2. The monoisotopic (exact) mass is 470 g/mol. The SMILES string of the molecule is [C-]#[N+]c1ncc(N2C(=O)C3(CCC3)N(c3ccc4c(ccn4C4CCNCC4)c3)C2=S)cc1C. The third-order valence-corrected chi connectivity index (χ3v) is 8.02. The molecule has 3 aromatic rings. The fourth-order valence-corrected chi connectivity index (χ4v) is 6.16. The number of nitrogens with zero attached hydrogens (tertiary/aromatic N) is 5. The molecular weight excluding hydrogens is 444 g/mol. The molecule has 0 bridgehead atoms. The van der Waals surface area contributed by atoms with Crippen LogP contribution in [0.5, 0.6) is 0 Å². The molecule has 172 valence electrons. The number of fused-ring (bicyclic) bond motifs is 1. The zero-order chi connectivity index (χ0) is 23.4. The van der Waals surface area contributed by atoms with E-state index in [0.717, 1.165) is 61.8 Å². The second-order valence-corrected chi connectivity index (χ2v) is 9.90. The quantitative estimate of drug-likeness (QED) is 0.437. The van der Waals surface area contributed by atoms with Crippen LogP contribution in [0.25, 0.3) is 15.7 Å². The van der Waals surface area contributed by atoms with Gasteiger partial charge in [0.25, 0.3) is 11.7 Å². The zero-order valence-corrected chi connectivity index (χ0v) is 19.9. The van der Waals surface area contributed by atoms with Crippen LogP contribution in [0.3, 0.4) is 0 Å². The van der Waals surface area contributed by atoms with Gasteiger partial charge in [-0.3, -0.25) is 9.69 Å². The van der Waals surface area contributed by atoms with Gasteiger partial charge in [0.2, 0.25) is 0 Å². The molecule has 1 aromatic carbocycles. The number of anilines is 2. The Bertz CT molecular complexity index is 1360. The van der Waals surface area contributed by atoms with E-state index in [0.29, 0.717) is 22.7 Å². The molecule has 8 heteroatoms. The number of carbonyl (C=O) groups excluding carboxylic acids is 1.